The standard InChI is InChI=1S/C7H11FO2/c8-6-3-1-5(2-4-6)7(9)10/h5-6H,1-4H2,(H,9,10)/t5-,6-. The van der Waals surface area contributed by atoms with E-state index in [9.17, 15) is 9.18 Å². The normalized spacial score (nSPS) is 33.7. The van der Waals surface area contributed by atoms with Gasteiger partial charge in [0, 0.05) is 0 Å². The zero-order valence-electron chi connectivity index (χ0n) is 5.72. The lowest BCUT2D eigenvalue weighted by Crippen LogP contribution is -2.21. The number of carboxylic acid groups (broad SMARTS) is 1. The number of rotatable bonds is 1. The first-order valence-corrected chi connectivity index (χ1v) is 3.57. The minimum Gasteiger partial charge on any atom is -0.481 e. The number of aliphatic carboxylic acids is 1. The van der Waals surface area contributed by atoms with E-state index in [1.807, 2.05) is 0 Å². The van der Waals surface area contributed by atoms with Crippen LogP contribution in [0.4, 0.5) is 4.39 Å². The van der Waals surface area contributed by atoms with Crippen molar-refractivity contribution in [3.8, 4) is 0 Å². The van der Waals surface area contributed by atoms with Crippen molar-refractivity contribution in [3.05, 3.63) is 0 Å². The monoisotopic (exact) mass is 146 g/mol. The fourth-order valence-corrected chi connectivity index (χ4v) is 1.30. The Balaban J connectivity index is 2.33. The van der Waals surface area contributed by atoms with Crippen LogP contribution in [-0.4, -0.2) is 17.2 Å². The quantitative estimate of drug-likeness (QED) is 0.610. The average Bonchev–Trinajstić information content (AvgIpc) is 1.88. The Morgan fingerprint density at radius 3 is 2.20 bits per heavy atom. The molecule has 0 saturated heterocycles. The lowest BCUT2D eigenvalue weighted by molar-refractivity contribution is -0.143. The second-order valence-corrected chi connectivity index (χ2v) is 2.79. The number of halogens is 1. The summed E-state index contributed by atoms with van der Waals surface area (Å²) in [6.45, 7) is 0. The molecule has 0 unspecified atom stereocenters. The minimum atomic E-state index is -0.771. The van der Waals surface area contributed by atoms with Crippen molar-refractivity contribution in [2.75, 3.05) is 0 Å². The molecule has 1 N–H and O–H groups in total. The number of carboxylic acids is 1. The SMILES string of the molecule is O=C(O)[C@H]1CC[C@H](F)CC1. The molecule has 0 aliphatic heterocycles. The van der Waals surface area contributed by atoms with E-state index < -0.39 is 12.1 Å². The van der Waals surface area contributed by atoms with Gasteiger partial charge in [0.05, 0.1) is 5.92 Å². The highest BCUT2D eigenvalue weighted by Gasteiger charge is 2.25. The van der Waals surface area contributed by atoms with Gasteiger partial charge in [0.2, 0.25) is 0 Å². The molecule has 1 saturated carbocycles. The van der Waals surface area contributed by atoms with Crippen LogP contribution < -0.4 is 0 Å². The molecule has 0 aromatic carbocycles. The smallest absolute Gasteiger partial charge is 0.306 e. The lowest BCUT2D eigenvalue weighted by Gasteiger charge is -2.20. The molecule has 1 aliphatic rings. The largest absolute Gasteiger partial charge is 0.481 e. The molecule has 58 valence electrons. The summed E-state index contributed by atoms with van der Waals surface area (Å²) in [5, 5.41) is 8.50. The predicted molar refractivity (Wildman–Crippen MR) is 34.5 cm³/mol. The van der Waals surface area contributed by atoms with Gasteiger partial charge in [-0.1, -0.05) is 0 Å². The Kier molecular flexibility index (Phi) is 2.25. The summed E-state index contributed by atoms with van der Waals surface area (Å²) >= 11 is 0. The summed E-state index contributed by atoms with van der Waals surface area (Å²) in [5.74, 6) is -1.06. The van der Waals surface area contributed by atoms with Crippen molar-refractivity contribution in [1.82, 2.24) is 0 Å². The molecular weight excluding hydrogens is 135 g/mol. The summed E-state index contributed by atoms with van der Waals surface area (Å²) in [6, 6.07) is 0. The minimum absolute atomic E-state index is 0.285. The van der Waals surface area contributed by atoms with Crippen LogP contribution in [0.15, 0.2) is 0 Å². The van der Waals surface area contributed by atoms with E-state index in [-0.39, 0.29) is 5.92 Å². The van der Waals surface area contributed by atoms with E-state index in [1.54, 1.807) is 0 Å². The fraction of sp³-hybridized carbons (Fsp3) is 0.857. The first-order chi connectivity index (χ1) is 4.70. The van der Waals surface area contributed by atoms with E-state index >= 15 is 0 Å². The third kappa shape index (κ3) is 1.69. The van der Waals surface area contributed by atoms with Crippen LogP contribution >= 0.6 is 0 Å². The van der Waals surface area contributed by atoms with Gasteiger partial charge in [0.1, 0.15) is 6.17 Å². The Morgan fingerprint density at radius 2 is 1.80 bits per heavy atom. The van der Waals surface area contributed by atoms with Crippen LogP contribution in [0.5, 0.6) is 0 Å². The Morgan fingerprint density at radius 1 is 1.30 bits per heavy atom. The highest BCUT2D eigenvalue weighted by Crippen LogP contribution is 2.25. The van der Waals surface area contributed by atoms with Crippen LogP contribution in [0.3, 0.4) is 0 Å². The summed E-state index contributed by atoms with van der Waals surface area (Å²) in [6.07, 6.45) is 1.12. The molecule has 2 nitrogen and oxygen atoms in total. The molecule has 0 spiro atoms. The molecule has 0 aromatic rings. The number of alkyl halides is 1. The highest BCUT2D eigenvalue weighted by molar-refractivity contribution is 5.69. The van der Waals surface area contributed by atoms with Gasteiger partial charge in [-0.05, 0) is 25.7 Å². The molecule has 0 amide bonds. The Hall–Kier alpha value is -0.600. The zero-order chi connectivity index (χ0) is 7.56. The molecular formula is C7H11FO2. The van der Waals surface area contributed by atoms with Crippen LogP contribution in [0.25, 0.3) is 0 Å². The van der Waals surface area contributed by atoms with E-state index in [1.165, 1.54) is 0 Å². The van der Waals surface area contributed by atoms with Crippen molar-refractivity contribution in [1.29, 1.82) is 0 Å². The van der Waals surface area contributed by atoms with Gasteiger partial charge >= 0.3 is 5.97 Å². The molecule has 3 heteroatoms. The maximum atomic E-state index is 12.4. The second-order valence-electron chi connectivity index (χ2n) is 2.79. The van der Waals surface area contributed by atoms with Crippen molar-refractivity contribution in [3.63, 3.8) is 0 Å². The third-order valence-corrected chi connectivity index (χ3v) is 2.01. The maximum Gasteiger partial charge on any atom is 0.306 e. The first kappa shape index (κ1) is 7.51. The van der Waals surface area contributed by atoms with Crippen molar-refractivity contribution >= 4 is 5.97 Å². The number of hydrogen-bond donors (Lipinski definition) is 1. The Bertz CT molecular complexity index is 128. The molecule has 0 aromatic heterocycles. The summed E-state index contributed by atoms with van der Waals surface area (Å²) in [4.78, 5) is 10.3. The van der Waals surface area contributed by atoms with E-state index in [2.05, 4.69) is 0 Å². The average molecular weight is 146 g/mol. The summed E-state index contributed by atoms with van der Waals surface area (Å²) < 4.78 is 12.4. The van der Waals surface area contributed by atoms with Crippen molar-refractivity contribution in [2.45, 2.75) is 31.9 Å². The van der Waals surface area contributed by atoms with Crippen LogP contribution in [0, 0.1) is 5.92 Å². The van der Waals surface area contributed by atoms with Crippen LogP contribution in [-0.2, 0) is 4.79 Å². The fourth-order valence-electron chi connectivity index (χ4n) is 1.30. The maximum absolute atomic E-state index is 12.4. The molecule has 1 aliphatic carbocycles. The molecule has 1 rings (SSSR count). The Labute approximate surface area is 59.0 Å². The second kappa shape index (κ2) is 2.99. The molecule has 0 radical (unpaired) electrons. The molecule has 1 fully saturated rings. The lowest BCUT2D eigenvalue weighted by atomic mass is 9.88. The van der Waals surface area contributed by atoms with Gasteiger partial charge in [-0.2, -0.15) is 0 Å². The van der Waals surface area contributed by atoms with E-state index in [0.717, 1.165) is 0 Å². The predicted octanol–water partition coefficient (Wildman–Crippen LogP) is 1.60. The first-order valence-electron chi connectivity index (χ1n) is 3.57. The molecule has 0 bridgehead atoms. The van der Waals surface area contributed by atoms with E-state index in [4.69, 9.17) is 5.11 Å². The van der Waals surface area contributed by atoms with Gasteiger partial charge in [0.25, 0.3) is 0 Å². The molecule has 0 heterocycles. The van der Waals surface area contributed by atoms with E-state index in [0.29, 0.717) is 25.7 Å². The topological polar surface area (TPSA) is 37.3 Å². The van der Waals surface area contributed by atoms with Gasteiger partial charge < -0.3 is 5.11 Å². The third-order valence-electron chi connectivity index (χ3n) is 2.01. The van der Waals surface area contributed by atoms with Gasteiger partial charge in [-0.25, -0.2) is 4.39 Å². The zero-order valence-corrected chi connectivity index (χ0v) is 5.72. The summed E-state index contributed by atoms with van der Waals surface area (Å²) in [7, 11) is 0. The molecule has 0 atom stereocenters. The van der Waals surface area contributed by atoms with Gasteiger partial charge in [0.15, 0.2) is 0 Å². The van der Waals surface area contributed by atoms with Gasteiger partial charge in [-0.3, -0.25) is 4.79 Å². The highest BCUT2D eigenvalue weighted by atomic mass is 19.1. The number of hydrogen-bond acceptors (Lipinski definition) is 1. The van der Waals surface area contributed by atoms with Crippen LogP contribution in [0.1, 0.15) is 25.7 Å². The van der Waals surface area contributed by atoms with Crippen molar-refractivity contribution in [2.24, 2.45) is 5.92 Å². The van der Waals surface area contributed by atoms with Crippen molar-refractivity contribution < 1.29 is 14.3 Å². The summed E-state index contributed by atoms with van der Waals surface area (Å²) in [5.41, 5.74) is 0. The number of carbonyl (C=O) groups is 1. The van der Waals surface area contributed by atoms with Gasteiger partial charge in [-0.15, -0.1) is 0 Å². The molecule has 10 heavy (non-hydrogen) atoms. The van der Waals surface area contributed by atoms with Crippen LogP contribution in [0.2, 0.25) is 0 Å².